The summed E-state index contributed by atoms with van der Waals surface area (Å²) in [6.45, 7) is 5.58. The van der Waals surface area contributed by atoms with E-state index in [0.717, 1.165) is 0 Å². The van der Waals surface area contributed by atoms with Crippen molar-refractivity contribution in [3.05, 3.63) is 29.3 Å². The molecule has 0 aliphatic rings. The molecule has 9 nitrogen and oxygen atoms in total. The highest BCUT2D eigenvalue weighted by atomic mass is 16.6. The minimum Gasteiger partial charge on any atom is -0.465 e. The van der Waals surface area contributed by atoms with Crippen LogP contribution >= 0.6 is 0 Å². The summed E-state index contributed by atoms with van der Waals surface area (Å²) >= 11 is 0. The van der Waals surface area contributed by atoms with Gasteiger partial charge in [0.2, 0.25) is 0 Å². The number of methoxy groups -OCH3 is 2. The molecule has 1 aromatic carbocycles. The van der Waals surface area contributed by atoms with Crippen LogP contribution in [-0.2, 0) is 19.0 Å². The number of hydrogen-bond donors (Lipinski definition) is 2. The number of anilines is 1. The zero-order valence-corrected chi connectivity index (χ0v) is 16.7. The van der Waals surface area contributed by atoms with Gasteiger partial charge in [-0.2, -0.15) is 0 Å². The van der Waals surface area contributed by atoms with Crippen LogP contribution in [0.4, 0.5) is 10.5 Å². The lowest BCUT2D eigenvalue weighted by atomic mass is 10.1. The van der Waals surface area contributed by atoms with Crippen LogP contribution in [0.15, 0.2) is 18.2 Å². The Morgan fingerprint density at radius 3 is 1.93 bits per heavy atom. The van der Waals surface area contributed by atoms with E-state index in [2.05, 4.69) is 20.1 Å². The van der Waals surface area contributed by atoms with Crippen LogP contribution in [0, 0.1) is 0 Å². The predicted octanol–water partition coefficient (Wildman–Crippen LogP) is 2.50. The van der Waals surface area contributed by atoms with Crippen molar-refractivity contribution < 1.29 is 33.4 Å². The number of benzene rings is 1. The van der Waals surface area contributed by atoms with Gasteiger partial charge in [0.1, 0.15) is 5.60 Å². The average Bonchev–Trinajstić information content (AvgIpc) is 2.62. The second-order valence-electron chi connectivity index (χ2n) is 6.85. The summed E-state index contributed by atoms with van der Waals surface area (Å²) in [5.41, 5.74) is -0.159. The number of carbonyl (C=O) groups is 4. The standard InChI is InChI=1S/C19H26N2O7/c1-19(2,3)28-15(22)7-6-8-20-18(25)21-14-10-12(16(23)26-4)9-13(11-14)17(24)27-5/h9-11H,6-8H2,1-5H3,(H2,20,21,25). The second kappa shape index (κ2) is 10.3. The van der Waals surface area contributed by atoms with Crippen LogP contribution in [0.1, 0.15) is 54.3 Å². The van der Waals surface area contributed by atoms with Crippen molar-refractivity contribution in [1.29, 1.82) is 0 Å². The Kier molecular flexibility index (Phi) is 8.43. The number of hydrogen-bond acceptors (Lipinski definition) is 7. The number of rotatable bonds is 7. The molecular weight excluding hydrogens is 368 g/mol. The molecule has 154 valence electrons. The molecule has 0 fully saturated rings. The van der Waals surface area contributed by atoms with E-state index in [-0.39, 0.29) is 35.7 Å². The maximum Gasteiger partial charge on any atom is 0.337 e. The topological polar surface area (TPSA) is 120 Å². The fourth-order valence-electron chi connectivity index (χ4n) is 2.17. The average molecular weight is 394 g/mol. The molecule has 2 N–H and O–H groups in total. The Morgan fingerprint density at radius 1 is 0.929 bits per heavy atom. The van der Waals surface area contributed by atoms with E-state index in [1.807, 2.05) is 0 Å². The number of nitrogens with one attached hydrogen (secondary N) is 2. The number of urea groups is 1. The Balaban J connectivity index is 2.64. The summed E-state index contributed by atoms with van der Waals surface area (Å²) < 4.78 is 14.5. The van der Waals surface area contributed by atoms with Gasteiger partial charge in [-0.15, -0.1) is 0 Å². The zero-order chi connectivity index (χ0) is 21.3. The van der Waals surface area contributed by atoms with E-state index >= 15 is 0 Å². The predicted molar refractivity (Wildman–Crippen MR) is 101 cm³/mol. The zero-order valence-electron chi connectivity index (χ0n) is 16.7. The lowest BCUT2D eigenvalue weighted by Gasteiger charge is -2.19. The molecule has 9 heteroatoms. The smallest absolute Gasteiger partial charge is 0.337 e. The fourth-order valence-corrected chi connectivity index (χ4v) is 2.17. The number of amides is 2. The van der Waals surface area contributed by atoms with Crippen molar-refractivity contribution in [2.75, 3.05) is 26.1 Å². The van der Waals surface area contributed by atoms with Gasteiger partial charge in [-0.25, -0.2) is 14.4 Å². The van der Waals surface area contributed by atoms with E-state index in [9.17, 15) is 19.2 Å². The lowest BCUT2D eigenvalue weighted by molar-refractivity contribution is -0.154. The molecule has 0 aliphatic carbocycles. The third-order valence-corrected chi connectivity index (χ3v) is 3.30. The van der Waals surface area contributed by atoms with Gasteiger partial charge in [0.05, 0.1) is 25.3 Å². The molecule has 0 bridgehead atoms. The van der Waals surface area contributed by atoms with Crippen molar-refractivity contribution in [2.45, 2.75) is 39.2 Å². The maximum absolute atomic E-state index is 12.0. The lowest BCUT2D eigenvalue weighted by Crippen LogP contribution is -2.30. The third-order valence-electron chi connectivity index (χ3n) is 3.30. The Bertz CT molecular complexity index is 704. The van der Waals surface area contributed by atoms with Crippen molar-refractivity contribution in [1.82, 2.24) is 5.32 Å². The van der Waals surface area contributed by atoms with Gasteiger partial charge < -0.3 is 24.8 Å². The third kappa shape index (κ3) is 8.07. The van der Waals surface area contributed by atoms with Gasteiger partial charge >= 0.3 is 23.9 Å². The maximum atomic E-state index is 12.0. The minimum atomic E-state index is -0.661. The van der Waals surface area contributed by atoms with Crippen LogP contribution in [0.25, 0.3) is 0 Å². The molecule has 0 aliphatic heterocycles. The van der Waals surface area contributed by atoms with E-state index < -0.39 is 23.6 Å². The van der Waals surface area contributed by atoms with Crippen LogP contribution in [-0.4, -0.2) is 50.3 Å². The van der Waals surface area contributed by atoms with Crippen molar-refractivity contribution in [3.8, 4) is 0 Å². The van der Waals surface area contributed by atoms with Gasteiger partial charge in [0, 0.05) is 18.7 Å². The van der Waals surface area contributed by atoms with Gasteiger partial charge in [0.25, 0.3) is 0 Å². The first-order valence-corrected chi connectivity index (χ1v) is 8.64. The molecule has 0 spiro atoms. The first-order valence-electron chi connectivity index (χ1n) is 8.64. The van der Waals surface area contributed by atoms with Crippen LogP contribution in [0.5, 0.6) is 0 Å². The molecule has 0 heterocycles. The van der Waals surface area contributed by atoms with E-state index in [1.165, 1.54) is 32.4 Å². The number of carbonyl (C=O) groups excluding carboxylic acids is 4. The van der Waals surface area contributed by atoms with Crippen LogP contribution in [0.2, 0.25) is 0 Å². The van der Waals surface area contributed by atoms with Crippen LogP contribution < -0.4 is 10.6 Å². The van der Waals surface area contributed by atoms with Crippen LogP contribution in [0.3, 0.4) is 0 Å². The molecule has 1 aromatic rings. The highest BCUT2D eigenvalue weighted by molar-refractivity contribution is 5.99. The monoisotopic (exact) mass is 394 g/mol. The first-order chi connectivity index (χ1) is 13.1. The van der Waals surface area contributed by atoms with Gasteiger partial charge in [-0.1, -0.05) is 0 Å². The highest BCUT2D eigenvalue weighted by Crippen LogP contribution is 2.17. The summed E-state index contributed by atoms with van der Waals surface area (Å²) in [7, 11) is 2.41. The molecule has 0 aromatic heterocycles. The molecular formula is C19H26N2O7. The number of ether oxygens (including phenoxy) is 3. The first kappa shape index (κ1) is 22.9. The molecule has 0 saturated heterocycles. The van der Waals surface area contributed by atoms with Crippen molar-refractivity contribution in [3.63, 3.8) is 0 Å². The van der Waals surface area contributed by atoms with E-state index in [0.29, 0.717) is 6.42 Å². The van der Waals surface area contributed by atoms with Crippen molar-refractivity contribution in [2.24, 2.45) is 0 Å². The highest BCUT2D eigenvalue weighted by Gasteiger charge is 2.16. The second-order valence-corrected chi connectivity index (χ2v) is 6.85. The molecule has 0 radical (unpaired) electrons. The summed E-state index contributed by atoms with van der Waals surface area (Å²) in [6.07, 6.45) is 0.569. The normalized spacial score (nSPS) is 10.6. The number of esters is 3. The van der Waals surface area contributed by atoms with Crippen molar-refractivity contribution >= 4 is 29.6 Å². The van der Waals surface area contributed by atoms with Gasteiger partial charge in [-0.3, -0.25) is 4.79 Å². The molecule has 2 amide bonds. The summed E-state index contributed by atoms with van der Waals surface area (Å²) in [5.74, 6) is -1.67. The molecule has 0 saturated carbocycles. The summed E-state index contributed by atoms with van der Waals surface area (Å²) in [6, 6.07) is 3.50. The quantitative estimate of drug-likeness (QED) is 0.414. The van der Waals surface area contributed by atoms with E-state index in [1.54, 1.807) is 20.8 Å². The molecule has 0 atom stereocenters. The molecule has 28 heavy (non-hydrogen) atoms. The van der Waals surface area contributed by atoms with E-state index in [4.69, 9.17) is 4.74 Å². The molecule has 1 rings (SSSR count). The Hall–Kier alpha value is -3.10. The Labute approximate surface area is 163 Å². The van der Waals surface area contributed by atoms with Gasteiger partial charge in [-0.05, 0) is 45.4 Å². The van der Waals surface area contributed by atoms with Gasteiger partial charge in [0.15, 0.2) is 0 Å². The largest absolute Gasteiger partial charge is 0.465 e. The minimum absolute atomic E-state index is 0.0885. The summed E-state index contributed by atoms with van der Waals surface area (Å²) in [4.78, 5) is 47.1. The Morgan fingerprint density at radius 2 is 1.46 bits per heavy atom. The molecule has 0 unspecified atom stereocenters. The fraction of sp³-hybridized carbons (Fsp3) is 0.474. The SMILES string of the molecule is COC(=O)c1cc(NC(=O)NCCCC(=O)OC(C)(C)C)cc(C(=O)OC)c1. The summed E-state index contributed by atoms with van der Waals surface area (Å²) in [5, 5.41) is 5.11.